The maximum absolute atomic E-state index is 12.3. The van der Waals surface area contributed by atoms with E-state index in [1.54, 1.807) is 35.6 Å². The average molecular weight is 273 g/mol. The van der Waals surface area contributed by atoms with Crippen LogP contribution in [0.4, 0.5) is 5.69 Å². The number of fused-ring (bicyclic) bond motifs is 1. The van der Waals surface area contributed by atoms with Gasteiger partial charge in [-0.1, -0.05) is 6.07 Å². The van der Waals surface area contributed by atoms with E-state index in [-0.39, 0.29) is 11.7 Å². The number of amides is 1. The molecule has 0 aliphatic heterocycles. The molecule has 4 heteroatoms. The third-order valence-electron chi connectivity index (χ3n) is 3.41. The van der Waals surface area contributed by atoms with Crippen molar-refractivity contribution in [1.29, 1.82) is 0 Å². The lowest BCUT2D eigenvalue weighted by atomic mass is 9.95. The summed E-state index contributed by atoms with van der Waals surface area (Å²) in [5, 5.41) is 14.2. The summed E-state index contributed by atoms with van der Waals surface area (Å²) in [5.74, 6) is 0.0788. The Morgan fingerprint density at radius 2 is 2.11 bits per heavy atom. The summed E-state index contributed by atoms with van der Waals surface area (Å²) in [5.41, 5.74) is 2.64. The Hall–Kier alpha value is -1.81. The zero-order valence-corrected chi connectivity index (χ0v) is 11.3. The number of rotatable bonds is 2. The molecule has 1 aromatic carbocycles. The molecule has 1 heterocycles. The molecule has 3 nitrogen and oxygen atoms in total. The first-order valence-corrected chi connectivity index (χ1v) is 7.31. The van der Waals surface area contributed by atoms with Crippen LogP contribution in [0.3, 0.4) is 0 Å². The van der Waals surface area contributed by atoms with Crippen molar-refractivity contribution in [2.24, 2.45) is 0 Å². The molecule has 0 fully saturated rings. The van der Waals surface area contributed by atoms with Crippen LogP contribution in [0.2, 0.25) is 0 Å². The molecule has 0 spiro atoms. The molecular formula is C15H15NO2S. The molecule has 0 atom stereocenters. The van der Waals surface area contributed by atoms with Gasteiger partial charge in [-0.3, -0.25) is 4.79 Å². The number of hydrogen-bond acceptors (Lipinski definition) is 3. The van der Waals surface area contributed by atoms with Gasteiger partial charge >= 0.3 is 0 Å². The molecule has 2 aromatic rings. The largest absolute Gasteiger partial charge is 0.508 e. The fourth-order valence-corrected chi connectivity index (χ4v) is 3.59. The first-order chi connectivity index (χ1) is 9.24. The Morgan fingerprint density at radius 1 is 1.26 bits per heavy atom. The highest BCUT2D eigenvalue weighted by atomic mass is 32.1. The van der Waals surface area contributed by atoms with Crippen molar-refractivity contribution in [3.8, 4) is 5.75 Å². The molecule has 1 aliphatic carbocycles. The fraction of sp³-hybridized carbons (Fsp3) is 0.267. The van der Waals surface area contributed by atoms with Gasteiger partial charge in [0.1, 0.15) is 5.75 Å². The first kappa shape index (κ1) is 12.2. The lowest BCUT2D eigenvalue weighted by Crippen LogP contribution is -2.14. The molecule has 1 aliphatic rings. The number of carbonyl (C=O) groups is 1. The topological polar surface area (TPSA) is 49.3 Å². The van der Waals surface area contributed by atoms with E-state index in [2.05, 4.69) is 5.32 Å². The maximum atomic E-state index is 12.3. The molecule has 3 rings (SSSR count). The fourth-order valence-electron chi connectivity index (χ4n) is 2.47. The smallest absolute Gasteiger partial charge is 0.256 e. The van der Waals surface area contributed by atoms with Crippen LogP contribution in [-0.4, -0.2) is 11.0 Å². The van der Waals surface area contributed by atoms with E-state index >= 15 is 0 Å². The number of phenolic OH excluding ortho intramolecular Hbond substituents is 1. The monoisotopic (exact) mass is 273 g/mol. The quantitative estimate of drug-likeness (QED) is 0.878. The van der Waals surface area contributed by atoms with Crippen molar-refractivity contribution in [2.45, 2.75) is 25.7 Å². The van der Waals surface area contributed by atoms with Crippen LogP contribution < -0.4 is 5.32 Å². The summed E-state index contributed by atoms with van der Waals surface area (Å²) in [7, 11) is 0. The number of benzene rings is 1. The molecule has 19 heavy (non-hydrogen) atoms. The molecule has 0 saturated carbocycles. The third-order valence-corrected chi connectivity index (χ3v) is 4.50. The number of thiophene rings is 1. The van der Waals surface area contributed by atoms with Crippen LogP contribution >= 0.6 is 11.3 Å². The second-order valence-electron chi connectivity index (χ2n) is 4.76. The zero-order valence-electron chi connectivity index (χ0n) is 10.5. The summed E-state index contributed by atoms with van der Waals surface area (Å²) < 4.78 is 0. The van der Waals surface area contributed by atoms with Gasteiger partial charge in [-0.05, 0) is 43.4 Å². The molecular weight excluding hydrogens is 258 g/mol. The molecule has 1 aromatic heterocycles. The van der Waals surface area contributed by atoms with E-state index < -0.39 is 0 Å². The van der Waals surface area contributed by atoms with Crippen molar-refractivity contribution in [1.82, 2.24) is 0 Å². The van der Waals surface area contributed by atoms with Crippen molar-refractivity contribution in [3.63, 3.8) is 0 Å². The Kier molecular flexibility index (Phi) is 3.25. The van der Waals surface area contributed by atoms with E-state index in [0.717, 1.165) is 24.8 Å². The van der Waals surface area contributed by atoms with Gasteiger partial charge in [-0.15, -0.1) is 11.3 Å². The number of carbonyl (C=O) groups excluding carboxylic acids is 1. The molecule has 0 saturated heterocycles. The summed E-state index contributed by atoms with van der Waals surface area (Å²) in [6, 6.07) is 6.63. The minimum Gasteiger partial charge on any atom is -0.508 e. The highest BCUT2D eigenvalue weighted by Gasteiger charge is 2.20. The summed E-state index contributed by atoms with van der Waals surface area (Å²) in [6.07, 6.45) is 4.48. The number of anilines is 1. The standard InChI is InChI=1S/C15H15NO2S/c17-11-5-3-4-10(8-11)16-15(18)13-9-19-14-7-2-1-6-12(13)14/h3-5,8-9,17H,1-2,6-7H2,(H,16,18). The van der Waals surface area contributed by atoms with Gasteiger partial charge in [-0.25, -0.2) is 0 Å². The van der Waals surface area contributed by atoms with E-state index in [4.69, 9.17) is 0 Å². The molecule has 0 unspecified atom stereocenters. The molecule has 2 N–H and O–H groups in total. The molecule has 0 bridgehead atoms. The van der Waals surface area contributed by atoms with Crippen molar-refractivity contribution in [3.05, 3.63) is 45.6 Å². The van der Waals surface area contributed by atoms with Crippen LogP contribution in [0.25, 0.3) is 0 Å². The minimum absolute atomic E-state index is 0.0787. The number of aromatic hydroxyl groups is 1. The highest BCUT2D eigenvalue weighted by Crippen LogP contribution is 2.30. The Morgan fingerprint density at radius 3 is 2.95 bits per heavy atom. The van der Waals surface area contributed by atoms with E-state index in [9.17, 15) is 9.90 Å². The van der Waals surface area contributed by atoms with Crippen LogP contribution in [0.5, 0.6) is 5.75 Å². The number of aryl methyl sites for hydroxylation is 1. The Bertz CT molecular complexity index is 618. The Labute approximate surface area is 115 Å². The second kappa shape index (κ2) is 5.05. The van der Waals surface area contributed by atoms with Crippen LogP contribution in [0.1, 0.15) is 33.6 Å². The van der Waals surface area contributed by atoms with Gasteiger partial charge in [-0.2, -0.15) is 0 Å². The first-order valence-electron chi connectivity index (χ1n) is 6.43. The van der Waals surface area contributed by atoms with Crippen molar-refractivity contribution < 1.29 is 9.90 Å². The summed E-state index contributed by atoms with van der Waals surface area (Å²) in [6.45, 7) is 0. The van der Waals surface area contributed by atoms with Crippen LogP contribution in [0.15, 0.2) is 29.6 Å². The third kappa shape index (κ3) is 2.49. The van der Waals surface area contributed by atoms with Gasteiger partial charge in [0.2, 0.25) is 0 Å². The average Bonchev–Trinajstić information content (AvgIpc) is 2.82. The van der Waals surface area contributed by atoms with Crippen molar-refractivity contribution >= 4 is 22.9 Å². The minimum atomic E-state index is -0.0787. The number of nitrogens with one attached hydrogen (secondary N) is 1. The lowest BCUT2D eigenvalue weighted by molar-refractivity contribution is 0.102. The van der Waals surface area contributed by atoms with Crippen LogP contribution in [0, 0.1) is 0 Å². The predicted molar refractivity (Wildman–Crippen MR) is 77.0 cm³/mol. The Balaban J connectivity index is 1.83. The van der Waals surface area contributed by atoms with E-state index in [1.165, 1.54) is 16.9 Å². The maximum Gasteiger partial charge on any atom is 0.256 e. The lowest BCUT2D eigenvalue weighted by Gasteiger charge is -2.12. The van der Waals surface area contributed by atoms with E-state index in [1.807, 2.05) is 5.38 Å². The number of hydrogen-bond donors (Lipinski definition) is 2. The zero-order chi connectivity index (χ0) is 13.2. The predicted octanol–water partition coefficient (Wildman–Crippen LogP) is 3.58. The van der Waals surface area contributed by atoms with E-state index in [0.29, 0.717) is 5.69 Å². The highest BCUT2D eigenvalue weighted by molar-refractivity contribution is 7.10. The molecule has 1 amide bonds. The van der Waals surface area contributed by atoms with Crippen LogP contribution in [-0.2, 0) is 12.8 Å². The van der Waals surface area contributed by atoms with Gasteiger partial charge in [0, 0.05) is 22.0 Å². The SMILES string of the molecule is O=C(Nc1cccc(O)c1)c1csc2c1CCCC2. The molecule has 0 radical (unpaired) electrons. The van der Waals surface area contributed by atoms with Gasteiger partial charge in [0.25, 0.3) is 5.91 Å². The van der Waals surface area contributed by atoms with Gasteiger partial charge in [0.15, 0.2) is 0 Å². The summed E-state index contributed by atoms with van der Waals surface area (Å²) >= 11 is 1.68. The summed E-state index contributed by atoms with van der Waals surface area (Å²) in [4.78, 5) is 13.6. The normalized spacial score (nSPS) is 13.9. The van der Waals surface area contributed by atoms with Crippen molar-refractivity contribution in [2.75, 3.05) is 5.32 Å². The number of phenols is 1. The van der Waals surface area contributed by atoms with Gasteiger partial charge < -0.3 is 10.4 Å². The molecule has 98 valence electrons. The van der Waals surface area contributed by atoms with Gasteiger partial charge in [0.05, 0.1) is 5.56 Å². The second-order valence-corrected chi connectivity index (χ2v) is 5.73.